The highest BCUT2D eigenvalue weighted by Gasteiger charge is 2.23. The molecule has 0 radical (unpaired) electrons. The van der Waals surface area contributed by atoms with E-state index in [1.807, 2.05) is 41.8 Å². The minimum atomic E-state index is -0.196. The largest absolute Gasteiger partial charge is 0.312 e. The zero-order valence-corrected chi connectivity index (χ0v) is 17.2. The summed E-state index contributed by atoms with van der Waals surface area (Å²) in [7, 11) is 0. The van der Waals surface area contributed by atoms with Crippen LogP contribution in [0.1, 0.15) is 22.8 Å². The highest BCUT2D eigenvalue weighted by Crippen LogP contribution is 2.32. The summed E-state index contributed by atoms with van der Waals surface area (Å²) < 4.78 is 0. The standard InChI is InChI=1S/C24H19N3O2S/c1-15(28)27-12-11-17-13-18(9-10-22(17)27)23(29)26-24-25-21(14-30-24)20-8-4-6-16-5-2-3-7-19(16)20/h2-10,13-14H,11-12H2,1H3,(H,25,26,29). The van der Waals surface area contributed by atoms with Gasteiger partial charge in [-0.25, -0.2) is 4.98 Å². The van der Waals surface area contributed by atoms with Crippen LogP contribution in [0.4, 0.5) is 10.8 Å². The zero-order valence-electron chi connectivity index (χ0n) is 16.4. The third-order valence-electron chi connectivity index (χ3n) is 5.41. The summed E-state index contributed by atoms with van der Waals surface area (Å²) in [4.78, 5) is 30.9. The monoisotopic (exact) mass is 413 g/mol. The molecule has 3 aromatic carbocycles. The maximum Gasteiger partial charge on any atom is 0.257 e. The van der Waals surface area contributed by atoms with Gasteiger partial charge in [0.1, 0.15) is 0 Å². The van der Waals surface area contributed by atoms with Gasteiger partial charge in [0.05, 0.1) is 5.69 Å². The van der Waals surface area contributed by atoms with Crippen LogP contribution in [0.2, 0.25) is 0 Å². The first-order valence-corrected chi connectivity index (χ1v) is 10.6. The second-order valence-corrected chi connectivity index (χ2v) is 8.14. The van der Waals surface area contributed by atoms with Gasteiger partial charge in [0, 0.05) is 35.7 Å². The Balaban J connectivity index is 1.38. The fraction of sp³-hybridized carbons (Fsp3) is 0.125. The van der Waals surface area contributed by atoms with Gasteiger partial charge in [0.2, 0.25) is 5.91 Å². The fourth-order valence-electron chi connectivity index (χ4n) is 3.94. The molecule has 2 amide bonds. The molecule has 0 fully saturated rings. The number of anilines is 2. The molecule has 0 saturated heterocycles. The number of fused-ring (bicyclic) bond motifs is 2. The van der Waals surface area contributed by atoms with Gasteiger partial charge >= 0.3 is 0 Å². The summed E-state index contributed by atoms with van der Waals surface area (Å²) >= 11 is 1.41. The summed E-state index contributed by atoms with van der Waals surface area (Å²) in [5.74, 6) is -0.174. The van der Waals surface area contributed by atoms with Gasteiger partial charge < -0.3 is 4.90 Å². The van der Waals surface area contributed by atoms with Gasteiger partial charge in [0.25, 0.3) is 5.91 Å². The normalized spacial score (nSPS) is 12.8. The van der Waals surface area contributed by atoms with Gasteiger partial charge in [-0.1, -0.05) is 42.5 Å². The van der Waals surface area contributed by atoms with E-state index in [4.69, 9.17) is 0 Å². The van der Waals surface area contributed by atoms with E-state index in [1.54, 1.807) is 17.9 Å². The average Bonchev–Trinajstić information content (AvgIpc) is 3.39. The number of rotatable bonds is 3. The molecule has 6 heteroatoms. The second-order valence-electron chi connectivity index (χ2n) is 7.28. The Morgan fingerprint density at radius 2 is 1.90 bits per heavy atom. The van der Waals surface area contributed by atoms with E-state index in [-0.39, 0.29) is 11.8 Å². The van der Waals surface area contributed by atoms with Crippen molar-refractivity contribution in [3.63, 3.8) is 0 Å². The number of carbonyl (C=O) groups is 2. The Hall–Kier alpha value is -3.51. The van der Waals surface area contributed by atoms with E-state index < -0.39 is 0 Å². The number of nitrogens with one attached hydrogen (secondary N) is 1. The van der Waals surface area contributed by atoms with Gasteiger partial charge in [-0.15, -0.1) is 11.3 Å². The van der Waals surface area contributed by atoms with Crippen molar-refractivity contribution >= 4 is 44.7 Å². The molecule has 5 nitrogen and oxygen atoms in total. The van der Waals surface area contributed by atoms with Crippen molar-refractivity contribution in [2.45, 2.75) is 13.3 Å². The van der Waals surface area contributed by atoms with Crippen molar-refractivity contribution in [1.29, 1.82) is 0 Å². The van der Waals surface area contributed by atoms with Crippen molar-refractivity contribution in [2.75, 3.05) is 16.8 Å². The van der Waals surface area contributed by atoms with Crippen molar-refractivity contribution < 1.29 is 9.59 Å². The summed E-state index contributed by atoms with van der Waals surface area (Å²) in [6, 6.07) is 19.8. The third-order valence-corrected chi connectivity index (χ3v) is 6.17. The molecular formula is C24H19N3O2S. The summed E-state index contributed by atoms with van der Waals surface area (Å²) in [6.45, 7) is 2.22. The first-order chi connectivity index (χ1) is 14.6. The van der Waals surface area contributed by atoms with Crippen molar-refractivity contribution in [3.8, 4) is 11.3 Å². The molecule has 0 atom stereocenters. The average molecular weight is 414 g/mol. The SMILES string of the molecule is CC(=O)N1CCc2cc(C(=O)Nc3nc(-c4cccc5ccccc45)cs3)ccc21. The molecule has 1 N–H and O–H groups in total. The Kier molecular flexibility index (Phi) is 4.56. The van der Waals surface area contributed by atoms with Crippen molar-refractivity contribution in [2.24, 2.45) is 0 Å². The quantitative estimate of drug-likeness (QED) is 0.507. The Morgan fingerprint density at radius 3 is 2.77 bits per heavy atom. The third kappa shape index (κ3) is 3.25. The van der Waals surface area contributed by atoms with E-state index in [2.05, 4.69) is 28.5 Å². The number of hydrogen-bond donors (Lipinski definition) is 1. The lowest BCUT2D eigenvalue weighted by Gasteiger charge is -2.14. The van der Waals surface area contributed by atoms with E-state index in [0.29, 0.717) is 17.2 Å². The zero-order chi connectivity index (χ0) is 20.7. The lowest BCUT2D eigenvalue weighted by atomic mass is 10.0. The van der Waals surface area contributed by atoms with E-state index >= 15 is 0 Å². The Morgan fingerprint density at radius 1 is 1.07 bits per heavy atom. The van der Waals surface area contributed by atoms with Crippen LogP contribution in [0, 0.1) is 0 Å². The van der Waals surface area contributed by atoms with Gasteiger partial charge in [-0.05, 0) is 41.0 Å². The fourth-order valence-corrected chi connectivity index (χ4v) is 4.65. The highest BCUT2D eigenvalue weighted by molar-refractivity contribution is 7.14. The van der Waals surface area contributed by atoms with Gasteiger partial charge in [0.15, 0.2) is 5.13 Å². The van der Waals surface area contributed by atoms with Crippen molar-refractivity contribution in [3.05, 3.63) is 77.2 Å². The van der Waals surface area contributed by atoms with E-state index in [9.17, 15) is 9.59 Å². The molecule has 0 aliphatic carbocycles. The Labute approximate surface area is 178 Å². The van der Waals surface area contributed by atoms with Crippen LogP contribution in [0.5, 0.6) is 0 Å². The predicted molar refractivity (Wildman–Crippen MR) is 121 cm³/mol. The van der Waals surface area contributed by atoms with Gasteiger partial charge in [-0.2, -0.15) is 0 Å². The molecular weight excluding hydrogens is 394 g/mol. The van der Waals surface area contributed by atoms with Crippen molar-refractivity contribution in [1.82, 2.24) is 4.98 Å². The first kappa shape index (κ1) is 18.5. The summed E-state index contributed by atoms with van der Waals surface area (Å²) in [5.41, 5.74) is 4.38. The number of hydrogen-bond acceptors (Lipinski definition) is 4. The van der Waals surface area contributed by atoms with Crippen LogP contribution in [0.25, 0.3) is 22.0 Å². The molecule has 5 rings (SSSR count). The minimum absolute atomic E-state index is 0.0229. The molecule has 0 unspecified atom stereocenters. The molecule has 148 valence electrons. The molecule has 2 heterocycles. The van der Waals surface area contributed by atoms with Crippen LogP contribution >= 0.6 is 11.3 Å². The summed E-state index contributed by atoms with van der Waals surface area (Å²) in [6.07, 6.45) is 0.762. The molecule has 1 aliphatic rings. The van der Waals surface area contributed by atoms with Crippen LogP contribution in [0.3, 0.4) is 0 Å². The Bertz CT molecular complexity index is 1290. The van der Waals surface area contributed by atoms with E-state index in [1.165, 1.54) is 11.3 Å². The highest BCUT2D eigenvalue weighted by atomic mass is 32.1. The van der Waals surface area contributed by atoms with Gasteiger partial charge in [-0.3, -0.25) is 14.9 Å². The number of amides is 2. The molecule has 0 bridgehead atoms. The van der Waals surface area contributed by atoms with Crippen LogP contribution in [-0.4, -0.2) is 23.3 Å². The maximum atomic E-state index is 12.8. The van der Waals surface area contributed by atoms with E-state index in [0.717, 1.165) is 39.7 Å². The number of benzene rings is 3. The number of aromatic nitrogens is 1. The smallest absolute Gasteiger partial charge is 0.257 e. The number of thiazole rings is 1. The number of carbonyl (C=O) groups excluding carboxylic acids is 2. The number of nitrogens with zero attached hydrogens (tertiary/aromatic N) is 2. The molecule has 1 aliphatic heterocycles. The lowest BCUT2D eigenvalue weighted by Crippen LogP contribution is -2.25. The topological polar surface area (TPSA) is 62.3 Å². The maximum absolute atomic E-state index is 12.8. The predicted octanol–water partition coefficient (Wildman–Crippen LogP) is 5.12. The van der Waals surface area contributed by atoms with Crippen LogP contribution in [0.15, 0.2) is 66.0 Å². The minimum Gasteiger partial charge on any atom is -0.312 e. The van der Waals surface area contributed by atoms with Crippen LogP contribution < -0.4 is 10.2 Å². The second kappa shape index (κ2) is 7.39. The molecule has 1 aromatic heterocycles. The molecule has 0 spiro atoms. The lowest BCUT2D eigenvalue weighted by molar-refractivity contribution is -0.116. The molecule has 30 heavy (non-hydrogen) atoms. The first-order valence-electron chi connectivity index (χ1n) is 9.76. The molecule has 4 aromatic rings. The summed E-state index contributed by atoms with van der Waals surface area (Å²) in [5, 5.41) is 7.73. The molecule has 0 saturated carbocycles. The van der Waals surface area contributed by atoms with Crippen LogP contribution in [-0.2, 0) is 11.2 Å².